The van der Waals surface area contributed by atoms with Gasteiger partial charge in [-0.2, -0.15) is 0 Å². The molecule has 2 aliphatic heterocycles. The van der Waals surface area contributed by atoms with Gasteiger partial charge in [-0.3, -0.25) is 14.7 Å². The van der Waals surface area contributed by atoms with Crippen molar-refractivity contribution in [1.82, 2.24) is 15.2 Å². The van der Waals surface area contributed by atoms with E-state index in [1.165, 1.54) is 16.2 Å². The lowest BCUT2D eigenvalue weighted by Crippen LogP contribution is -2.36. The molecule has 0 unspecified atom stereocenters. The van der Waals surface area contributed by atoms with Gasteiger partial charge in [0.15, 0.2) is 0 Å². The summed E-state index contributed by atoms with van der Waals surface area (Å²) >= 11 is 1.42. The molecule has 25 heavy (non-hydrogen) atoms. The van der Waals surface area contributed by atoms with Crippen LogP contribution in [0.2, 0.25) is 0 Å². The third-order valence-corrected chi connectivity index (χ3v) is 5.45. The van der Waals surface area contributed by atoms with Crippen molar-refractivity contribution < 1.29 is 14.3 Å². The number of ether oxygens (including phenoxy) is 1. The molecule has 2 fully saturated rings. The van der Waals surface area contributed by atoms with Crippen LogP contribution in [0.15, 0.2) is 30.5 Å². The molecule has 130 valence electrons. The predicted octanol–water partition coefficient (Wildman–Crippen LogP) is 1.81. The van der Waals surface area contributed by atoms with Gasteiger partial charge in [0.05, 0.1) is 23.8 Å². The molecule has 0 atom stereocenters. The van der Waals surface area contributed by atoms with Crippen LogP contribution in [0.4, 0.5) is 9.80 Å². The lowest BCUT2D eigenvalue weighted by Gasteiger charge is -2.28. The summed E-state index contributed by atoms with van der Waals surface area (Å²) in [6.45, 7) is 3.78. The molecule has 2 aromatic heterocycles. The minimum Gasteiger partial charge on any atom is -0.378 e. The van der Waals surface area contributed by atoms with Crippen LogP contribution in [-0.4, -0.2) is 61.2 Å². The number of pyridine rings is 1. The van der Waals surface area contributed by atoms with Gasteiger partial charge in [-0.25, -0.2) is 4.79 Å². The summed E-state index contributed by atoms with van der Waals surface area (Å²) in [7, 11) is 0. The van der Waals surface area contributed by atoms with Crippen LogP contribution >= 0.6 is 11.3 Å². The average molecular weight is 358 g/mol. The van der Waals surface area contributed by atoms with E-state index in [4.69, 9.17) is 4.74 Å². The molecular formula is C17H18N4O3S. The van der Waals surface area contributed by atoms with E-state index in [0.717, 1.165) is 29.3 Å². The number of morpholine rings is 1. The maximum Gasteiger partial charge on any atom is 0.324 e. The molecule has 2 aromatic rings. The van der Waals surface area contributed by atoms with E-state index in [1.54, 1.807) is 6.20 Å². The molecule has 0 bridgehead atoms. The van der Waals surface area contributed by atoms with Crippen molar-refractivity contribution >= 4 is 28.3 Å². The highest BCUT2D eigenvalue weighted by atomic mass is 32.1. The molecule has 0 radical (unpaired) electrons. The number of hydrogen-bond donors (Lipinski definition) is 1. The molecule has 3 amide bonds. The van der Waals surface area contributed by atoms with Crippen molar-refractivity contribution in [3.05, 3.63) is 35.3 Å². The van der Waals surface area contributed by atoms with Crippen LogP contribution in [0.3, 0.4) is 0 Å². The quantitative estimate of drug-likeness (QED) is 0.906. The molecule has 4 heterocycles. The third-order valence-electron chi connectivity index (χ3n) is 4.26. The zero-order valence-electron chi connectivity index (χ0n) is 13.6. The van der Waals surface area contributed by atoms with Gasteiger partial charge >= 0.3 is 6.03 Å². The fourth-order valence-electron chi connectivity index (χ4n) is 2.99. The van der Waals surface area contributed by atoms with Gasteiger partial charge in [-0.15, -0.1) is 11.3 Å². The van der Waals surface area contributed by atoms with Gasteiger partial charge in [-0.1, -0.05) is 6.07 Å². The summed E-state index contributed by atoms with van der Waals surface area (Å²) in [4.78, 5) is 33.0. The SMILES string of the molecule is O=C1NCCN1C(=O)c1cc(-c2ccccn2)c(N2CCOCC2)s1. The molecule has 7 nitrogen and oxygen atoms in total. The van der Waals surface area contributed by atoms with Crippen LogP contribution in [0.5, 0.6) is 0 Å². The van der Waals surface area contributed by atoms with E-state index in [2.05, 4.69) is 15.2 Å². The summed E-state index contributed by atoms with van der Waals surface area (Å²) in [6, 6.07) is 7.25. The molecule has 2 saturated heterocycles. The Labute approximate surface area is 149 Å². The highest BCUT2D eigenvalue weighted by molar-refractivity contribution is 7.18. The second-order valence-electron chi connectivity index (χ2n) is 5.83. The number of thiophene rings is 1. The number of amides is 3. The average Bonchev–Trinajstić information content (AvgIpc) is 3.29. The fourth-order valence-corrected chi connectivity index (χ4v) is 4.16. The maximum atomic E-state index is 12.7. The summed E-state index contributed by atoms with van der Waals surface area (Å²) in [6.07, 6.45) is 1.74. The first kappa shape index (κ1) is 16.0. The second kappa shape index (κ2) is 6.81. The fraction of sp³-hybridized carbons (Fsp3) is 0.353. The van der Waals surface area contributed by atoms with E-state index in [-0.39, 0.29) is 11.9 Å². The Morgan fingerprint density at radius 2 is 2.08 bits per heavy atom. The van der Waals surface area contributed by atoms with Gasteiger partial charge in [0.2, 0.25) is 0 Å². The lowest BCUT2D eigenvalue weighted by molar-refractivity contribution is 0.0834. The first-order chi connectivity index (χ1) is 12.2. The van der Waals surface area contributed by atoms with Crippen molar-refractivity contribution in [2.45, 2.75) is 0 Å². The van der Waals surface area contributed by atoms with Crippen LogP contribution in [0.25, 0.3) is 11.3 Å². The number of hydrogen-bond acceptors (Lipinski definition) is 6. The van der Waals surface area contributed by atoms with Crippen LogP contribution in [0.1, 0.15) is 9.67 Å². The van der Waals surface area contributed by atoms with E-state index in [9.17, 15) is 9.59 Å². The number of urea groups is 1. The molecule has 2 aliphatic rings. The Hall–Kier alpha value is -2.45. The van der Waals surface area contributed by atoms with Gasteiger partial charge in [-0.05, 0) is 18.2 Å². The molecule has 0 saturated carbocycles. The number of carbonyl (C=O) groups is 2. The third kappa shape index (κ3) is 3.10. The Balaban J connectivity index is 1.72. The summed E-state index contributed by atoms with van der Waals surface area (Å²) < 4.78 is 5.44. The number of carbonyl (C=O) groups excluding carboxylic acids is 2. The van der Waals surface area contributed by atoms with Crippen molar-refractivity contribution in [3.63, 3.8) is 0 Å². The second-order valence-corrected chi connectivity index (χ2v) is 6.86. The summed E-state index contributed by atoms with van der Waals surface area (Å²) in [5.41, 5.74) is 1.75. The minimum absolute atomic E-state index is 0.253. The maximum absolute atomic E-state index is 12.7. The zero-order chi connectivity index (χ0) is 17.2. The molecule has 0 spiro atoms. The Morgan fingerprint density at radius 1 is 1.24 bits per heavy atom. The number of nitrogens with one attached hydrogen (secondary N) is 1. The number of imide groups is 1. The van der Waals surface area contributed by atoms with Crippen LogP contribution in [-0.2, 0) is 4.74 Å². The van der Waals surface area contributed by atoms with Crippen LogP contribution < -0.4 is 10.2 Å². The predicted molar refractivity (Wildman–Crippen MR) is 95.0 cm³/mol. The Bertz CT molecular complexity index is 786. The number of rotatable bonds is 3. The van der Waals surface area contributed by atoms with Gasteiger partial charge < -0.3 is 15.0 Å². The first-order valence-electron chi connectivity index (χ1n) is 8.21. The highest BCUT2D eigenvalue weighted by Gasteiger charge is 2.30. The van der Waals surface area contributed by atoms with Gasteiger partial charge in [0, 0.05) is 37.9 Å². The molecule has 0 aromatic carbocycles. The van der Waals surface area contributed by atoms with E-state index >= 15 is 0 Å². The van der Waals surface area contributed by atoms with Crippen molar-refractivity contribution in [2.24, 2.45) is 0 Å². The summed E-state index contributed by atoms with van der Waals surface area (Å²) in [5, 5.41) is 3.67. The van der Waals surface area contributed by atoms with Crippen molar-refractivity contribution in [1.29, 1.82) is 0 Å². The smallest absolute Gasteiger partial charge is 0.324 e. The Morgan fingerprint density at radius 3 is 2.76 bits per heavy atom. The standard InChI is InChI=1S/C17H18N4O3S/c22-15(21-6-5-19-17(21)23)14-11-12(13-3-1-2-4-18-13)16(25-14)20-7-9-24-10-8-20/h1-4,11H,5-10H2,(H,19,23). The number of nitrogens with zero attached hydrogens (tertiary/aromatic N) is 3. The van der Waals surface area contributed by atoms with E-state index in [0.29, 0.717) is 31.2 Å². The Kier molecular flexibility index (Phi) is 4.37. The van der Waals surface area contributed by atoms with E-state index in [1.807, 2.05) is 24.3 Å². The molecular weight excluding hydrogens is 340 g/mol. The molecule has 1 N–H and O–H groups in total. The van der Waals surface area contributed by atoms with E-state index < -0.39 is 0 Å². The minimum atomic E-state index is -0.328. The topological polar surface area (TPSA) is 74.8 Å². The number of anilines is 1. The zero-order valence-corrected chi connectivity index (χ0v) is 14.4. The highest BCUT2D eigenvalue weighted by Crippen LogP contribution is 2.39. The van der Waals surface area contributed by atoms with Crippen molar-refractivity contribution in [3.8, 4) is 11.3 Å². The van der Waals surface area contributed by atoms with Gasteiger partial charge in [0.1, 0.15) is 5.00 Å². The first-order valence-corrected chi connectivity index (χ1v) is 9.03. The van der Waals surface area contributed by atoms with Gasteiger partial charge in [0.25, 0.3) is 5.91 Å². The molecule has 8 heteroatoms. The largest absolute Gasteiger partial charge is 0.378 e. The molecule has 0 aliphatic carbocycles. The monoisotopic (exact) mass is 358 g/mol. The normalized spacial score (nSPS) is 17.7. The van der Waals surface area contributed by atoms with Crippen molar-refractivity contribution in [2.75, 3.05) is 44.3 Å². The molecule has 4 rings (SSSR count). The number of aromatic nitrogens is 1. The lowest BCUT2D eigenvalue weighted by atomic mass is 10.1. The summed E-state index contributed by atoms with van der Waals surface area (Å²) in [5.74, 6) is -0.253. The van der Waals surface area contributed by atoms with Crippen LogP contribution in [0, 0.1) is 0 Å².